The second-order valence-corrected chi connectivity index (χ2v) is 7.40. The number of amides is 2. The summed E-state index contributed by atoms with van der Waals surface area (Å²) >= 11 is 0. The van der Waals surface area contributed by atoms with Gasteiger partial charge in [0.05, 0.1) is 16.9 Å². The van der Waals surface area contributed by atoms with Crippen molar-refractivity contribution in [2.24, 2.45) is 0 Å². The molecule has 3 aromatic rings. The van der Waals surface area contributed by atoms with Gasteiger partial charge in [0.25, 0.3) is 5.91 Å². The van der Waals surface area contributed by atoms with Gasteiger partial charge in [0.2, 0.25) is 5.91 Å². The average molecular weight is 441 g/mol. The minimum absolute atomic E-state index is 0.0367. The van der Waals surface area contributed by atoms with Crippen LogP contribution in [0.4, 0.5) is 20.2 Å². The van der Waals surface area contributed by atoms with Crippen LogP contribution in [0, 0.1) is 25.5 Å². The van der Waals surface area contributed by atoms with E-state index in [0.29, 0.717) is 36.0 Å². The second kappa shape index (κ2) is 8.33. The summed E-state index contributed by atoms with van der Waals surface area (Å²) in [5.74, 6) is -2.01. The van der Waals surface area contributed by atoms with Gasteiger partial charge in [-0.1, -0.05) is 0 Å². The largest absolute Gasteiger partial charge is 0.486 e. The Hall–Kier alpha value is -3.88. The zero-order chi connectivity index (χ0) is 23.0. The van der Waals surface area contributed by atoms with Gasteiger partial charge in [-0.25, -0.2) is 8.78 Å². The van der Waals surface area contributed by atoms with E-state index < -0.39 is 23.4 Å². The molecule has 0 fully saturated rings. The molecule has 0 radical (unpaired) electrons. The van der Waals surface area contributed by atoms with E-state index in [0.717, 1.165) is 23.5 Å². The van der Waals surface area contributed by atoms with Crippen LogP contribution in [-0.4, -0.2) is 29.6 Å². The minimum Gasteiger partial charge on any atom is -0.486 e. The predicted molar refractivity (Wildman–Crippen MR) is 115 cm³/mol. The van der Waals surface area contributed by atoms with Crippen LogP contribution in [0.1, 0.15) is 28.7 Å². The lowest BCUT2D eigenvalue weighted by molar-refractivity contribution is -0.114. The van der Waals surface area contributed by atoms with Crippen LogP contribution < -0.4 is 20.1 Å². The van der Waals surface area contributed by atoms with Crippen molar-refractivity contribution in [1.82, 2.24) is 4.57 Å². The Kier molecular flexibility index (Phi) is 5.56. The highest BCUT2D eigenvalue weighted by molar-refractivity contribution is 6.08. The third kappa shape index (κ3) is 4.01. The molecule has 0 spiro atoms. The number of nitrogens with one attached hydrogen (secondary N) is 2. The van der Waals surface area contributed by atoms with Crippen LogP contribution >= 0.6 is 0 Å². The molecule has 7 nitrogen and oxygen atoms in total. The molecule has 2 aromatic carbocycles. The monoisotopic (exact) mass is 441 g/mol. The molecule has 2 heterocycles. The topological polar surface area (TPSA) is 81.6 Å². The molecule has 2 amide bonds. The number of rotatable bonds is 4. The maximum atomic E-state index is 13.8. The number of nitrogens with zero attached hydrogens (tertiary/aromatic N) is 1. The first-order valence-electron chi connectivity index (χ1n) is 9.91. The number of carbonyl (C=O) groups excluding carboxylic acids is 2. The fourth-order valence-electron chi connectivity index (χ4n) is 3.69. The lowest BCUT2D eigenvalue weighted by Crippen LogP contribution is -2.17. The fourth-order valence-corrected chi connectivity index (χ4v) is 3.69. The van der Waals surface area contributed by atoms with Crippen LogP contribution in [0.15, 0.2) is 36.4 Å². The van der Waals surface area contributed by atoms with E-state index in [-0.39, 0.29) is 11.4 Å². The number of fused-ring (bicyclic) bond motifs is 1. The number of benzene rings is 2. The number of carbonyl (C=O) groups is 2. The summed E-state index contributed by atoms with van der Waals surface area (Å²) in [5, 5.41) is 4.96. The molecule has 4 rings (SSSR count). The van der Waals surface area contributed by atoms with E-state index in [4.69, 9.17) is 9.47 Å². The van der Waals surface area contributed by atoms with E-state index in [2.05, 4.69) is 10.6 Å². The van der Waals surface area contributed by atoms with Gasteiger partial charge >= 0.3 is 0 Å². The zero-order valence-corrected chi connectivity index (χ0v) is 17.7. The number of ether oxygens (including phenoxy) is 2. The van der Waals surface area contributed by atoms with Crippen molar-refractivity contribution in [2.75, 3.05) is 23.8 Å². The summed E-state index contributed by atoms with van der Waals surface area (Å²) < 4.78 is 40.5. The van der Waals surface area contributed by atoms with Crippen molar-refractivity contribution in [3.05, 3.63) is 65.0 Å². The highest BCUT2D eigenvalue weighted by Crippen LogP contribution is 2.34. The van der Waals surface area contributed by atoms with Gasteiger partial charge in [-0.2, -0.15) is 0 Å². The van der Waals surface area contributed by atoms with Gasteiger partial charge < -0.3 is 24.7 Å². The molecular formula is C23H21F2N3O4. The fraction of sp³-hybridized carbons (Fsp3) is 0.217. The van der Waals surface area contributed by atoms with Gasteiger partial charge in [-0.15, -0.1) is 0 Å². The van der Waals surface area contributed by atoms with Crippen LogP contribution in [-0.2, 0) is 4.79 Å². The first-order chi connectivity index (χ1) is 15.2. The highest BCUT2D eigenvalue weighted by Gasteiger charge is 2.21. The molecule has 1 aliphatic rings. The number of anilines is 2. The normalized spacial score (nSPS) is 12.4. The van der Waals surface area contributed by atoms with Gasteiger partial charge in [-0.05, 0) is 32.0 Å². The van der Waals surface area contributed by atoms with Crippen LogP contribution in [0.3, 0.4) is 0 Å². The Bertz CT molecular complexity index is 1240. The van der Waals surface area contributed by atoms with E-state index >= 15 is 0 Å². The number of aryl methyl sites for hydroxylation is 1. The summed E-state index contributed by atoms with van der Waals surface area (Å²) in [7, 11) is 0. The molecule has 1 aliphatic heterocycles. The summed E-state index contributed by atoms with van der Waals surface area (Å²) in [6.45, 7) is 5.80. The number of hydrogen-bond acceptors (Lipinski definition) is 4. The maximum Gasteiger partial charge on any atom is 0.257 e. The predicted octanol–water partition coefficient (Wildman–Crippen LogP) is 4.35. The van der Waals surface area contributed by atoms with Crippen molar-refractivity contribution in [2.45, 2.75) is 20.8 Å². The van der Waals surface area contributed by atoms with Crippen molar-refractivity contribution in [3.63, 3.8) is 0 Å². The smallest absolute Gasteiger partial charge is 0.257 e. The molecule has 32 heavy (non-hydrogen) atoms. The molecule has 2 N–H and O–H groups in total. The Morgan fingerprint density at radius 3 is 2.19 bits per heavy atom. The van der Waals surface area contributed by atoms with Crippen LogP contribution in [0.5, 0.6) is 11.5 Å². The van der Waals surface area contributed by atoms with Crippen molar-refractivity contribution >= 4 is 23.2 Å². The Morgan fingerprint density at radius 1 is 0.906 bits per heavy atom. The molecule has 0 aliphatic carbocycles. The average Bonchev–Trinajstić information content (AvgIpc) is 3.05. The van der Waals surface area contributed by atoms with Crippen LogP contribution in [0.2, 0.25) is 0 Å². The van der Waals surface area contributed by atoms with Gasteiger partial charge in [-0.3, -0.25) is 9.59 Å². The van der Waals surface area contributed by atoms with Crippen LogP contribution in [0.25, 0.3) is 5.69 Å². The molecule has 0 saturated carbocycles. The first-order valence-corrected chi connectivity index (χ1v) is 9.91. The van der Waals surface area contributed by atoms with E-state index in [9.17, 15) is 18.4 Å². The van der Waals surface area contributed by atoms with Gasteiger partial charge in [0.1, 0.15) is 13.2 Å². The molecule has 0 bridgehead atoms. The number of hydrogen-bond donors (Lipinski definition) is 2. The first kappa shape index (κ1) is 21.4. The van der Waals surface area contributed by atoms with Gasteiger partial charge in [0, 0.05) is 42.2 Å². The number of halogens is 2. The van der Waals surface area contributed by atoms with E-state index in [1.165, 1.54) is 6.92 Å². The summed E-state index contributed by atoms with van der Waals surface area (Å²) in [5.41, 5.74) is 2.47. The SMILES string of the molecule is CC(=O)Nc1cc(F)c(F)cc1NC(=O)c1cc(C)n(-c2ccc3c(c2)OCCO3)c1C. The standard InChI is InChI=1S/C23H21F2N3O4/c1-12-8-16(13(2)28(12)15-4-5-21-22(9-15)32-7-6-31-21)23(30)27-20-11-18(25)17(24)10-19(20)26-14(3)29/h4-5,8-11H,6-7H2,1-3H3,(H,26,29)(H,27,30). The molecule has 166 valence electrons. The van der Waals surface area contributed by atoms with Gasteiger partial charge in [0.15, 0.2) is 23.1 Å². The Labute approximate surface area is 182 Å². The lowest BCUT2D eigenvalue weighted by atomic mass is 10.2. The third-order valence-electron chi connectivity index (χ3n) is 5.08. The second-order valence-electron chi connectivity index (χ2n) is 7.40. The number of aromatic nitrogens is 1. The van der Waals surface area contributed by atoms with E-state index in [1.54, 1.807) is 13.0 Å². The molecule has 1 aromatic heterocycles. The minimum atomic E-state index is -1.14. The van der Waals surface area contributed by atoms with E-state index in [1.807, 2.05) is 29.7 Å². The Balaban J connectivity index is 1.67. The molecule has 0 saturated heterocycles. The lowest BCUT2D eigenvalue weighted by Gasteiger charge is -2.20. The maximum absolute atomic E-state index is 13.8. The summed E-state index contributed by atoms with van der Waals surface area (Å²) in [6.07, 6.45) is 0. The molecule has 0 atom stereocenters. The van der Waals surface area contributed by atoms with Crippen molar-refractivity contribution in [1.29, 1.82) is 0 Å². The van der Waals surface area contributed by atoms with Crippen molar-refractivity contribution in [3.8, 4) is 17.2 Å². The molecule has 0 unspecified atom stereocenters. The Morgan fingerprint density at radius 2 is 1.53 bits per heavy atom. The molecule has 9 heteroatoms. The summed E-state index contributed by atoms with van der Waals surface area (Å²) in [6, 6.07) is 8.85. The zero-order valence-electron chi connectivity index (χ0n) is 17.7. The quantitative estimate of drug-likeness (QED) is 0.631. The molecular weight excluding hydrogens is 420 g/mol. The van der Waals surface area contributed by atoms with Crippen molar-refractivity contribution < 1.29 is 27.8 Å². The third-order valence-corrected chi connectivity index (χ3v) is 5.08. The summed E-state index contributed by atoms with van der Waals surface area (Å²) in [4.78, 5) is 24.4. The highest BCUT2D eigenvalue weighted by atomic mass is 19.2.